The maximum Gasteiger partial charge on any atom is 0.199 e. The summed E-state index contributed by atoms with van der Waals surface area (Å²) in [5.74, 6) is 0.583. The Morgan fingerprint density at radius 1 is 1.00 bits per heavy atom. The number of Topliss-reactive ketones (excluding diaryl/α,β-unsaturated/α-hetero) is 1. The van der Waals surface area contributed by atoms with Crippen molar-refractivity contribution in [2.75, 3.05) is 5.32 Å². The SMILES string of the molecule is O=C(Cc1ccc(Nc2ncc(-c3cn[nH]c3)n3ncnc23)cn1)c1ccccc1. The fraction of sp³-hybridized carbons (Fsp3) is 0.0476. The highest BCUT2D eigenvalue weighted by Crippen LogP contribution is 2.23. The molecule has 0 saturated carbocycles. The Balaban J connectivity index is 1.35. The molecule has 5 rings (SSSR count). The largest absolute Gasteiger partial charge is 0.336 e. The smallest absolute Gasteiger partial charge is 0.199 e. The van der Waals surface area contributed by atoms with E-state index in [1.165, 1.54) is 6.33 Å². The number of rotatable bonds is 6. The van der Waals surface area contributed by atoms with Crippen LogP contribution >= 0.6 is 0 Å². The van der Waals surface area contributed by atoms with E-state index in [0.29, 0.717) is 22.7 Å². The quantitative estimate of drug-likeness (QED) is 0.424. The van der Waals surface area contributed by atoms with Crippen LogP contribution in [0.2, 0.25) is 0 Å². The van der Waals surface area contributed by atoms with E-state index in [1.807, 2.05) is 30.3 Å². The summed E-state index contributed by atoms with van der Waals surface area (Å²) in [5.41, 5.74) is 4.33. The minimum absolute atomic E-state index is 0.0329. The van der Waals surface area contributed by atoms with E-state index >= 15 is 0 Å². The minimum Gasteiger partial charge on any atom is -0.336 e. The first kappa shape index (κ1) is 17.7. The van der Waals surface area contributed by atoms with Crippen LogP contribution in [0.25, 0.3) is 16.9 Å². The van der Waals surface area contributed by atoms with Crippen molar-refractivity contribution in [1.29, 1.82) is 0 Å². The first-order valence-electron chi connectivity index (χ1n) is 9.26. The number of carbonyl (C=O) groups excluding carboxylic acids is 1. The summed E-state index contributed by atoms with van der Waals surface area (Å²) in [6.45, 7) is 0. The standard InChI is InChI=1S/C21H16N8O/c30-19(14-4-2-1-3-5-14)8-16-6-7-17(11-22-16)28-20-21-24-13-27-29(21)18(12-23-20)15-9-25-26-10-15/h1-7,9-13H,8H2,(H,23,28)(H,25,26). The van der Waals surface area contributed by atoms with Gasteiger partial charge in [0.05, 0.1) is 36.4 Å². The molecule has 0 aliphatic carbocycles. The molecule has 30 heavy (non-hydrogen) atoms. The van der Waals surface area contributed by atoms with Crippen molar-refractivity contribution in [3.05, 3.63) is 84.8 Å². The zero-order valence-corrected chi connectivity index (χ0v) is 15.7. The van der Waals surface area contributed by atoms with Gasteiger partial charge in [0.25, 0.3) is 0 Å². The molecule has 0 bridgehead atoms. The number of nitrogens with one attached hydrogen (secondary N) is 2. The molecule has 0 aliphatic heterocycles. The van der Waals surface area contributed by atoms with Gasteiger partial charge in [0.15, 0.2) is 17.2 Å². The van der Waals surface area contributed by atoms with Crippen molar-refractivity contribution in [1.82, 2.24) is 34.8 Å². The van der Waals surface area contributed by atoms with Gasteiger partial charge in [0.1, 0.15) is 6.33 Å². The van der Waals surface area contributed by atoms with E-state index in [4.69, 9.17) is 0 Å². The lowest BCUT2D eigenvalue weighted by Gasteiger charge is -2.09. The Morgan fingerprint density at radius 3 is 2.67 bits per heavy atom. The van der Waals surface area contributed by atoms with E-state index in [2.05, 4.69) is 35.6 Å². The van der Waals surface area contributed by atoms with E-state index in [-0.39, 0.29) is 12.2 Å². The van der Waals surface area contributed by atoms with Crippen LogP contribution in [0.1, 0.15) is 16.1 Å². The van der Waals surface area contributed by atoms with E-state index in [1.54, 1.807) is 41.4 Å². The number of hydrogen-bond donors (Lipinski definition) is 2. The zero-order valence-electron chi connectivity index (χ0n) is 15.7. The Morgan fingerprint density at radius 2 is 1.90 bits per heavy atom. The van der Waals surface area contributed by atoms with Crippen molar-refractivity contribution >= 4 is 22.9 Å². The number of pyridine rings is 1. The third kappa shape index (κ3) is 3.39. The van der Waals surface area contributed by atoms with Crippen molar-refractivity contribution in [3.8, 4) is 11.3 Å². The minimum atomic E-state index is 0.0329. The second kappa shape index (κ2) is 7.55. The lowest BCUT2D eigenvalue weighted by atomic mass is 10.1. The van der Waals surface area contributed by atoms with E-state index < -0.39 is 0 Å². The summed E-state index contributed by atoms with van der Waals surface area (Å²) in [5, 5.41) is 14.2. The molecule has 146 valence electrons. The van der Waals surface area contributed by atoms with Crippen LogP contribution in [0, 0.1) is 0 Å². The molecule has 4 heterocycles. The predicted octanol–water partition coefficient (Wildman–Crippen LogP) is 3.08. The highest BCUT2D eigenvalue weighted by Gasteiger charge is 2.13. The number of ketones is 1. The van der Waals surface area contributed by atoms with Crippen molar-refractivity contribution in [2.24, 2.45) is 0 Å². The third-order valence-electron chi connectivity index (χ3n) is 4.62. The predicted molar refractivity (Wildman–Crippen MR) is 110 cm³/mol. The van der Waals surface area contributed by atoms with Crippen LogP contribution in [0.5, 0.6) is 0 Å². The molecule has 4 aromatic heterocycles. The summed E-state index contributed by atoms with van der Waals surface area (Å²) >= 11 is 0. The molecule has 0 spiro atoms. The molecular weight excluding hydrogens is 380 g/mol. The van der Waals surface area contributed by atoms with Crippen molar-refractivity contribution in [2.45, 2.75) is 6.42 Å². The summed E-state index contributed by atoms with van der Waals surface area (Å²) < 4.78 is 1.69. The molecule has 0 radical (unpaired) electrons. The number of H-pyrrole nitrogens is 1. The molecule has 0 amide bonds. The Kier molecular flexibility index (Phi) is 4.45. The first-order valence-corrected chi connectivity index (χ1v) is 9.26. The lowest BCUT2D eigenvalue weighted by molar-refractivity contribution is 0.0992. The van der Waals surface area contributed by atoms with Gasteiger partial charge in [-0.3, -0.25) is 14.9 Å². The van der Waals surface area contributed by atoms with Crippen LogP contribution in [0.4, 0.5) is 11.5 Å². The van der Waals surface area contributed by atoms with Crippen LogP contribution in [-0.2, 0) is 6.42 Å². The number of carbonyl (C=O) groups is 1. The molecule has 2 N–H and O–H groups in total. The van der Waals surface area contributed by atoms with Gasteiger partial charge in [-0.2, -0.15) is 10.2 Å². The molecular formula is C21H16N8O. The monoisotopic (exact) mass is 396 g/mol. The van der Waals surface area contributed by atoms with Crippen LogP contribution in [-0.4, -0.2) is 40.5 Å². The van der Waals surface area contributed by atoms with Crippen LogP contribution in [0.15, 0.2) is 73.6 Å². The second-order valence-corrected chi connectivity index (χ2v) is 6.60. The fourth-order valence-electron chi connectivity index (χ4n) is 3.12. The molecule has 0 unspecified atom stereocenters. The molecule has 9 heteroatoms. The van der Waals surface area contributed by atoms with Gasteiger partial charge in [0.2, 0.25) is 0 Å². The Bertz CT molecular complexity index is 1290. The average molecular weight is 396 g/mol. The topological polar surface area (TPSA) is 114 Å². The normalized spacial score (nSPS) is 10.9. The highest BCUT2D eigenvalue weighted by molar-refractivity contribution is 5.97. The molecule has 0 aliphatic rings. The molecule has 0 fully saturated rings. The molecule has 9 nitrogen and oxygen atoms in total. The molecule has 0 atom stereocenters. The number of anilines is 2. The number of aromatic amines is 1. The van der Waals surface area contributed by atoms with Gasteiger partial charge in [-0.25, -0.2) is 14.5 Å². The second-order valence-electron chi connectivity index (χ2n) is 6.60. The first-order chi connectivity index (χ1) is 14.8. The zero-order chi connectivity index (χ0) is 20.3. The van der Waals surface area contributed by atoms with E-state index in [0.717, 1.165) is 16.9 Å². The number of benzene rings is 1. The van der Waals surface area contributed by atoms with Gasteiger partial charge < -0.3 is 5.32 Å². The number of hydrogen-bond acceptors (Lipinski definition) is 7. The van der Waals surface area contributed by atoms with Gasteiger partial charge in [-0.1, -0.05) is 30.3 Å². The van der Waals surface area contributed by atoms with Gasteiger partial charge in [-0.15, -0.1) is 0 Å². The van der Waals surface area contributed by atoms with Gasteiger partial charge >= 0.3 is 0 Å². The Hall–Kier alpha value is -4.40. The molecule has 5 aromatic rings. The van der Waals surface area contributed by atoms with Crippen LogP contribution < -0.4 is 5.32 Å². The number of fused-ring (bicyclic) bond motifs is 1. The number of aromatic nitrogens is 7. The van der Waals surface area contributed by atoms with Crippen LogP contribution in [0.3, 0.4) is 0 Å². The number of nitrogens with zero attached hydrogens (tertiary/aromatic N) is 6. The molecule has 0 saturated heterocycles. The van der Waals surface area contributed by atoms with Crippen molar-refractivity contribution in [3.63, 3.8) is 0 Å². The average Bonchev–Trinajstić information content (AvgIpc) is 3.49. The summed E-state index contributed by atoms with van der Waals surface area (Å²) in [6.07, 6.45) is 8.56. The van der Waals surface area contributed by atoms with E-state index in [9.17, 15) is 4.79 Å². The lowest BCUT2D eigenvalue weighted by Crippen LogP contribution is -2.05. The van der Waals surface area contributed by atoms with Crippen molar-refractivity contribution < 1.29 is 4.79 Å². The summed E-state index contributed by atoms with van der Waals surface area (Å²) in [4.78, 5) is 25.5. The summed E-state index contributed by atoms with van der Waals surface area (Å²) in [7, 11) is 0. The maximum absolute atomic E-state index is 12.3. The molecule has 1 aromatic carbocycles. The highest BCUT2D eigenvalue weighted by atomic mass is 16.1. The third-order valence-corrected chi connectivity index (χ3v) is 4.62. The maximum atomic E-state index is 12.3. The van der Waals surface area contributed by atoms with Gasteiger partial charge in [-0.05, 0) is 12.1 Å². The van der Waals surface area contributed by atoms with Gasteiger partial charge in [0, 0.05) is 23.0 Å². The fourth-order valence-corrected chi connectivity index (χ4v) is 3.12. The summed E-state index contributed by atoms with van der Waals surface area (Å²) in [6, 6.07) is 12.9. The Labute approximate surface area is 170 Å².